The molecule has 1 aromatic heterocycles. The van der Waals surface area contributed by atoms with Gasteiger partial charge in [-0.1, -0.05) is 18.2 Å². The summed E-state index contributed by atoms with van der Waals surface area (Å²) in [4.78, 5) is 14.5. The standard InChI is InChI=1S/C14H10F3NO2/c15-14(16,17)12-6-9(11-2-1-5-18-8-11)3-4-10(12)7-13(19)20/h1-6,8H,7H2,(H,19,20). The van der Waals surface area contributed by atoms with Crippen LogP contribution in [0, 0.1) is 0 Å². The van der Waals surface area contributed by atoms with Crippen LogP contribution in [0.5, 0.6) is 0 Å². The Morgan fingerprint density at radius 2 is 1.95 bits per heavy atom. The van der Waals surface area contributed by atoms with Crippen LogP contribution in [0.2, 0.25) is 0 Å². The third-order valence-corrected chi connectivity index (χ3v) is 2.75. The van der Waals surface area contributed by atoms with Gasteiger partial charge in [0, 0.05) is 18.0 Å². The quantitative estimate of drug-likeness (QED) is 0.938. The number of pyridine rings is 1. The molecule has 0 radical (unpaired) electrons. The second kappa shape index (κ2) is 5.32. The highest BCUT2D eigenvalue weighted by Crippen LogP contribution is 2.35. The van der Waals surface area contributed by atoms with E-state index in [2.05, 4.69) is 4.98 Å². The van der Waals surface area contributed by atoms with Gasteiger partial charge in [0.2, 0.25) is 0 Å². The molecule has 0 saturated heterocycles. The van der Waals surface area contributed by atoms with Crippen LogP contribution in [0.3, 0.4) is 0 Å². The summed E-state index contributed by atoms with van der Waals surface area (Å²) in [6.07, 6.45) is -2.29. The van der Waals surface area contributed by atoms with Crippen molar-refractivity contribution in [3.8, 4) is 11.1 Å². The SMILES string of the molecule is O=C(O)Cc1ccc(-c2cccnc2)cc1C(F)(F)F. The number of hydrogen-bond donors (Lipinski definition) is 1. The van der Waals surface area contributed by atoms with Crippen LogP contribution >= 0.6 is 0 Å². The number of aromatic nitrogens is 1. The van der Waals surface area contributed by atoms with Crippen LogP contribution in [-0.4, -0.2) is 16.1 Å². The highest BCUT2D eigenvalue weighted by atomic mass is 19.4. The molecule has 2 aromatic rings. The first-order valence-corrected chi connectivity index (χ1v) is 5.70. The third kappa shape index (κ3) is 3.14. The lowest BCUT2D eigenvalue weighted by molar-refractivity contribution is -0.139. The lowest BCUT2D eigenvalue weighted by Gasteiger charge is -2.13. The van der Waals surface area contributed by atoms with Gasteiger partial charge < -0.3 is 5.11 Å². The van der Waals surface area contributed by atoms with Crippen LogP contribution in [0.4, 0.5) is 13.2 Å². The molecule has 0 spiro atoms. The first kappa shape index (κ1) is 14.0. The Labute approximate surface area is 112 Å². The maximum absolute atomic E-state index is 13.0. The van der Waals surface area contributed by atoms with E-state index in [1.165, 1.54) is 24.5 Å². The Morgan fingerprint density at radius 3 is 2.50 bits per heavy atom. The van der Waals surface area contributed by atoms with Crippen LogP contribution < -0.4 is 0 Å². The molecule has 3 nitrogen and oxygen atoms in total. The minimum Gasteiger partial charge on any atom is -0.481 e. The molecule has 0 aliphatic rings. The lowest BCUT2D eigenvalue weighted by Crippen LogP contribution is -2.12. The molecule has 1 N–H and O–H groups in total. The Balaban J connectivity index is 2.52. The molecule has 2 rings (SSSR count). The number of aliphatic carboxylic acids is 1. The van der Waals surface area contributed by atoms with Crippen molar-refractivity contribution in [3.63, 3.8) is 0 Å². The van der Waals surface area contributed by atoms with Gasteiger partial charge in [-0.15, -0.1) is 0 Å². The van der Waals surface area contributed by atoms with E-state index in [1.807, 2.05) is 0 Å². The van der Waals surface area contributed by atoms with E-state index in [1.54, 1.807) is 12.1 Å². The molecule has 0 fully saturated rings. The predicted molar refractivity (Wildman–Crippen MR) is 66.0 cm³/mol. The second-order valence-corrected chi connectivity index (χ2v) is 4.18. The minimum atomic E-state index is -4.59. The zero-order valence-electron chi connectivity index (χ0n) is 10.2. The number of nitrogens with zero attached hydrogens (tertiary/aromatic N) is 1. The molecule has 0 saturated carbocycles. The van der Waals surface area contributed by atoms with E-state index in [0.717, 1.165) is 6.07 Å². The Hall–Kier alpha value is -2.37. The molecule has 0 aliphatic heterocycles. The molecule has 1 heterocycles. The fourth-order valence-corrected chi connectivity index (χ4v) is 1.87. The first-order chi connectivity index (χ1) is 9.38. The largest absolute Gasteiger partial charge is 0.481 e. The highest BCUT2D eigenvalue weighted by Gasteiger charge is 2.34. The molecule has 6 heteroatoms. The lowest BCUT2D eigenvalue weighted by atomic mass is 9.98. The van der Waals surface area contributed by atoms with E-state index >= 15 is 0 Å². The van der Waals surface area contributed by atoms with Crippen molar-refractivity contribution in [1.82, 2.24) is 4.98 Å². The summed E-state index contributed by atoms with van der Waals surface area (Å²) in [6, 6.07) is 6.87. The van der Waals surface area contributed by atoms with Crippen molar-refractivity contribution < 1.29 is 23.1 Å². The number of alkyl halides is 3. The Morgan fingerprint density at radius 1 is 1.20 bits per heavy atom. The van der Waals surface area contributed by atoms with Crippen molar-refractivity contribution in [2.24, 2.45) is 0 Å². The van der Waals surface area contributed by atoms with Gasteiger partial charge in [0.15, 0.2) is 0 Å². The number of carbonyl (C=O) groups is 1. The van der Waals surface area contributed by atoms with Crippen molar-refractivity contribution in [2.75, 3.05) is 0 Å². The average Bonchev–Trinajstić information content (AvgIpc) is 2.38. The molecule has 1 aromatic carbocycles. The second-order valence-electron chi connectivity index (χ2n) is 4.18. The van der Waals surface area contributed by atoms with Crippen LogP contribution in [0.1, 0.15) is 11.1 Å². The number of hydrogen-bond acceptors (Lipinski definition) is 2. The third-order valence-electron chi connectivity index (χ3n) is 2.75. The van der Waals surface area contributed by atoms with E-state index in [-0.39, 0.29) is 5.56 Å². The van der Waals surface area contributed by atoms with Gasteiger partial charge in [0.1, 0.15) is 0 Å². The van der Waals surface area contributed by atoms with Gasteiger partial charge in [-0.3, -0.25) is 9.78 Å². The number of halogens is 3. The zero-order valence-corrected chi connectivity index (χ0v) is 10.2. The first-order valence-electron chi connectivity index (χ1n) is 5.70. The Bertz CT molecular complexity index is 624. The molecule has 0 aliphatic carbocycles. The summed E-state index contributed by atoms with van der Waals surface area (Å²) in [5.74, 6) is -1.30. The maximum Gasteiger partial charge on any atom is 0.416 e. The van der Waals surface area contributed by atoms with Crippen molar-refractivity contribution >= 4 is 5.97 Å². The normalized spacial score (nSPS) is 11.3. The van der Waals surface area contributed by atoms with Gasteiger partial charge in [0.05, 0.1) is 12.0 Å². The molecule has 0 unspecified atom stereocenters. The van der Waals surface area contributed by atoms with Crippen LogP contribution in [0.25, 0.3) is 11.1 Å². The van der Waals surface area contributed by atoms with E-state index in [9.17, 15) is 18.0 Å². The highest BCUT2D eigenvalue weighted by molar-refractivity contribution is 5.72. The van der Waals surface area contributed by atoms with Crippen LogP contribution in [0.15, 0.2) is 42.7 Å². The van der Waals surface area contributed by atoms with Crippen LogP contribution in [-0.2, 0) is 17.4 Å². The average molecular weight is 281 g/mol. The van der Waals surface area contributed by atoms with Gasteiger partial charge in [-0.2, -0.15) is 13.2 Å². The molecule has 0 bridgehead atoms. The molecule has 0 amide bonds. The zero-order chi connectivity index (χ0) is 14.8. The minimum absolute atomic E-state index is 0.252. The van der Waals surface area contributed by atoms with Gasteiger partial charge in [-0.05, 0) is 23.3 Å². The van der Waals surface area contributed by atoms with Crippen molar-refractivity contribution in [3.05, 3.63) is 53.9 Å². The van der Waals surface area contributed by atoms with Gasteiger partial charge in [0.25, 0.3) is 0 Å². The summed E-state index contributed by atoms with van der Waals surface area (Å²) in [5, 5.41) is 8.67. The number of benzene rings is 1. The fourth-order valence-electron chi connectivity index (χ4n) is 1.87. The number of carboxylic acids is 1. The topological polar surface area (TPSA) is 50.2 Å². The van der Waals surface area contributed by atoms with Gasteiger partial charge in [-0.25, -0.2) is 0 Å². The fraction of sp³-hybridized carbons (Fsp3) is 0.143. The monoisotopic (exact) mass is 281 g/mol. The summed E-state index contributed by atoms with van der Waals surface area (Å²) in [5.41, 5.74) is -0.293. The van der Waals surface area contributed by atoms with Crippen molar-refractivity contribution in [1.29, 1.82) is 0 Å². The molecule has 104 valence electrons. The molecule has 0 atom stereocenters. The maximum atomic E-state index is 13.0. The van der Waals surface area contributed by atoms with E-state index in [4.69, 9.17) is 5.11 Å². The number of carboxylic acid groups (broad SMARTS) is 1. The number of rotatable bonds is 3. The Kier molecular flexibility index (Phi) is 3.74. The summed E-state index contributed by atoms with van der Waals surface area (Å²) in [7, 11) is 0. The van der Waals surface area contributed by atoms with Crippen molar-refractivity contribution in [2.45, 2.75) is 12.6 Å². The molecular formula is C14H10F3NO2. The van der Waals surface area contributed by atoms with E-state index < -0.39 is 24.1 Å². The molecule has 20 heavy (non-hydrogen) atoms. The summed E-state index contributed by atoms with van der Waals surface area (Å²) >= 11 is 0. The summed E-state index contributed by atoms with van der Waals surface area (Å²) in [6.45, 7) is 0. The predicted octanol–water partition coefficient (Wildman–Crippen LogP) is 3.39. The smallest absolute Gasteiger partial charge is 0.416 e. The van der Waals surface area contributed by atoms with E-state index in [0.29, 0.717) is 11.1 Å². The molecular weight excluding hydrogens is 271 g/mol. The summed E-state index contributed by atoms with van der Waals surface area (Å²) < 4.78 is 39.0. The van der Waals surface area contributed by atoms with Gasteiger partial charge >= 0.3 is 12.1 Å².